The molecule has 1 saturated heterocycles. The minimum absolute atomic E-state index is 0.0438. The molecule has 3 heterocycles. The molecule has 1 unspecified atom stereocenters. The van der Waals surface area contributed by atoms with Crippen molar-refractivity contribution < 1.29 is 13.2 Å². The van der Waals surface area contributed by atoms with Crippen LogP contribution in [0.1, 0.15) is 40.5 Å². The predicted molar refractivity (Wildman–Crippen MR) is 110 cm³/mol. The smallest absolute Gasteiger partial charge is 0.262 e. The van der Waals surface area contributed by atoms with E-state index in [9.17, 15) is 13.2 Å². The summed E-state index contributed by atoms with van der Waals surface area (Å²) in [5, 5.41) is 8.67. The summed E-state index contributed by atoms with van der Waals surface area (Å²) in [4.78, 5) is 15.2. The zero-order valence-electron chi connectivity index (χ0n) is 15.6. The second kappa shape index (κ2) is 8.83. The van der Waals surface area contributed by atoms with Gasteiger partial charge in [-0.25, -0.2) is 8.42 Å². The molecule has 0 saturated carbocycles. The molecule has 1 aliphatic rings. The number of carbonyl (C=O) groups excluding carboxylic acids is 1. The third-order valence-electron chi connectivity index (χ3n) is 4.78. The molecule has 1 aliphatic heterocycles. The topological polar surface area (TPSA) is 69.7 Å². The maximum absolute atomic E-state index is 13.0. The Bertz CT molecular complexity index is 854. The van der Waals surface area contributed by atoms with Gasteiger partial charge in [0.25, 0.3) is 5.91 Å². The number of carbonyl (C=O) groups is 1. The van der Waals surface area contributed by atoms with Gasteiger partial charge in [0, 0.05) is 19.6 Å². The fraction of sp³-hybridized carbons (Fsp3) is 0.500. The highest BCUT2D eigenvalue weighted by Crippen LogP contribution is 2.27. The number of piperidine rings is 1. The summed E-state index contributed by atoms with van der Waals surface area (Å²) in [7, 11) is 0.310. The summed E-state index contributed by atoms with van der Waals surface area (Å²) in [6.07, 6.45) is 2.80. The molecular formula is C18H25N3O3S3. The molecule has 1 fully saturated rings. The molecule has 1 atom stereocenters. The number of likely N-dealkylation sites (N-methyl/N-ethyl adjacent to an activating group) is 1. The summed E-state index contributed by atoms with van der Waals surface area (Å²) in [6.45, 7) is 1.48. The van der Waals surface area contributed by atoms with E-state index in [2.05, 4.69) is 10.7 Å². The lowest BCUT2D eigenvalue weighted by Gasteiger charge is -2.26. The average molecular weight is 428 g/mol. The predicted octanol–water partition coefficient (Wildman–Crippen LogP) is 3.02. The van der Waals surface area contributed by atoms with Crippen LogP contribution in [0.2, 0.25) is 0 Å². The fourth-order valence-electron chi connectivity index (χ4n) is 3.24. The van der Waals surface area contributed by atoms with Crippen LogP contribution in [0.15, 0.2) is 33.2 Å². The van der Waals surface area contributed by atoms with Gasteiger partial charge in [-0.2, -0.15) is 15.6 Å². The van der Waals surface area contributed by atoms with Crippen molar-refractivity contribution >= 4 is 38.6 Å². The molecule has 6 nitrogen and oxygen atoms in total. The number of sulfonamides is 1. The molecule has 0 spiro atoms. The van der Waals surface area contributed by atoms with Gasteiger partial charge in [0.15, 0.2) is 0 Å². The summed E-state index contributed by atoms with van der Waals surface area (Å²) in [6, 6.07) is 3.63. The molecule has 2 aromatic rings. The van der Waals surface area contributed by atoms with Crippen molar-refractivity contribution in [1.29, 1.82) is 0 Å². The quantitative estimate of drug-likeness (QED) is 0.737. The normalized spacial score (nSPS) is 17.1. The van der Waals surface area contributed by atoms with Crippen LogP contribution >= 0.6 is 22.7 Å². The average Bonchev–Trinajstić information content (AvgIpc) is 3.34. The Morgan fingerprint density at radius 3 is 2.59 bits per heavy atom. The van der Waals surface area contributed by atoms with E-state index < -0.39 is 10.0 Å². The first-order chi connectivity index (χ1) is 12.9. The Morgan fingerprint density at radius 1 is 1.22 bits per heavy atom. The van der Waals surface area contributed by atoms with Crippen molar-refractivity contribution in [2.75, 3.05) is 33.7 Å². The number of thiophene rings is 2. The van der Waals surface area contributed by atoms with Gasteiger partial charge in [0.1, 0.15) is 9.77 Å². The van der Waals surface area contributed by atoms with Crippen LogP contribution in [0.25, 0.3) is 0 Å². The highest BCUT2D eigenvalue weighted by atomic mass is 32.2. The van der Waals surface area contributed by atoms with Gasteiger partial charge in [-0.3, -0.25) is 4.79 Å². The van der Waals surface area contributed by atoms with E-state index in [1.807, 2.05) is 30.4 Å². The van der Waals surface area contributed by atoms with Crippen LogP contribution < -0.4 is 5.32 Å². The highest BCUT2D eigenvalue weighted by molar-refractivity contribution is 7.89. The highest BCUT2D eigenvalue weighted by Gasteiger charge is 2.31. The number of amides is 1. The number of hydrogen-bond donors (Lipinski definition) is 1. The van der Waals surface area contributed by atoms with Gasteiger partial charge < -0.3 is 10.2 Å². The van der Waals surface area contributed by atoms with Gasteiger partial charge in [0.2, 0.25) is 10.0 Å². The second-order valence-corrected chi connectivity index (χ2v) is 10.4. The monoisotopic (exact) mass is 427 g/mol. The summed E-state index contributed by atoms with van der Waals surface area (Å²) in [5.41, 5.74) is 1.14. The Morgan fingerprint density at radius 2 is 1.96 bits per heavy atom. The van der Waals surface area contributed by atoms with Gasteiger partial charge in [-0.1, -0.05) is 6.42 Å². The van der Waals surface area contributed by atoms with Crippen LogP contribution in [0.4, 0.5) is 0 Å². The van der Waals surface area contributed by atoms with Gasteiger partial charge in [0.05, 0.1) is 6.04 Å². The van der Waals surface area contributed by atoms with Gasteiger partial charge in [-0.15, -0.1) is 11.3 Å². The van der Waals surface area contributed by atoms with Crippen LogP contribution in [0, 0.1) is 0 Å². The SMILES string of the molecule is CN(C)C(CNC(=O)c1sccc1S(=O)(=O)N1CCCCC1)c1ccsc1. The fourth-order valence-corrected chi connectivity index (χ4v) is 6.78. The molecule has 27 heavy (non-hydrogen) atoms. The third kappa shape index (κ3) is 4.60. The molecule has 1 N–H and O–H groups in total. The number of nitrogens with zero attached hydrogens (tertiary/aromatic N) is 2. The largest absolute Gasteiger partial charge is 0.349 e. The standard InChI is InChI=1S/C18H25N3O3S3/c1-20(2)15(14-6-10-25-13-14)12-19-18(22)17-16(7-11-26-17)27(23,24)21-8-4-3-5-9-21/h6-7,10-11,13,15H,3-5,8-9,12H2,1-2H3,(H,19,22). The number of nitrogens with one attached hydrogen (secondary N) is 1. The minimum atomic E-state index is -3.62. The van der Waals surface area contributed by atoms with Crippen LogP contribution in [-0.2, 0) is 10.0 Å². The van der Waals surface area contributed by atoms with Crippen molar-refractivity contribution in [3.63, 3.8) is 0 Å². The van der Waals surface area contributed by atoms with E-state index in [1.54, 1.807) is 22.8 Å². The van der Waals surface area contributed by atoms with Crippen molar-refractivity contribution in [1.82, 2.24) is 14.5 Å². The first kappa shape index (κ1) is 20.5. The lowest BCUT2D eigenvalue weighted by Crippen LogP contribution is -2.37. The van der Waals surface area contributed by atoms with Crippen molar-refractivity contribution in [3.05, 3.63) is 38.7 Å². The van der Waals surface area contributed by atoms with Crippen LogP contribution in [0.3, 0.4) is 0 Å². The molecule has 9 heteroatoms. The van der Waals surface area contributed by atoms with E-state index in [-0.39, 0.29) is 21.7 Å². The Kier molecular flexibility index (Phi) is 6.69. The number of rotatable bonds is 7. The lowest BCUT2D eigenvalue weighted by molar-refractivity contribution is 0.0943. The first-order valence-electron chi connectivity index (χ1n) is 8.95. The van der Waals surface area contributed by atoms with Gasteiger partial charge >= 0.3 is 0 Å². The second-order valence-electron chi connectivity index (χ2n) is 6.82. The molecule has 1 amide bonds. The summed E-state index contributed by atoms with van der Waals surface area (Å²) < 4.78 is 27.4. The van der Waals surface area contributed by atoms with Crippen LogP contribution in [-0.4, -0.2) is 57.3 Å². The molecule has 0 bridgehead atoms. The Labute approximate surface area is 168 Å². The molecule has 0 aliphatic carbocycles. The molecule has 148 valence electrons. The third-order valence-corrected chi connectivity index (χ3v) is 8.46. The van der Waals surface area contributed by atoms with Crippen molar-refractivity contribution in [2.45, 2.75) is 30.2 Å². The summed E-state index contributed by atoms with van der Waals surface area (Å²) >= 11 is 2.79. The zero-order valence-corrected chi connectivity index (χ0v) is 18.0. The lowest BCUT2D eigenvalue weighted by atomic mass is 10.1. The first-order valence-corrected chi connectivity index (χ1v) is 12.2. The van der Waals surface area contributed by atoms with E-state index >= 15 is 0 Å². The van der Waals surface area contributed by atoms with Crippen LogP contribution in [0.5, 0.6) is 0 Å². The zero-order chi connectivity index (χ0) is 19.4. The minimum Gasteiger partial charge on any atom is -0.349 e. The number of hydrogen-bond acceptors (Lipinski definition) is 6. The van der Waals surface area contributed by atoms with E-state index in [0.29, 0.717) is 19.6 Å². The molecule has 0 radical (unpaired) electrons. The van der Waals surface area contributed by atoms with Crippen molar-refractivity contribution in [2.24, 2.45) is 0 Å². The Balaban J connectivity index is 1.74. The Hall–Kier alpha value is -1.26. The van der Waals surface area contributed by atoms with E-state index in [0.717, 1.165) is 24.8 Å². The maximum Gasteiger partial charge on any atom is 0.262 e. The molecule has 0 aromatic carbocycles. The van der Waals surface area contributed by atoms with Crippen molar-refractivity contribution in [3.8, 4) is 0 Å². The maximum atomic E-state index is 13.0. The summed E-state index contributed by atoms with van der Waals surface area (Å²) in [5.74, 6) is -0.331. The van der Waals surface area contributed by atoms with Gasteiger partial charge in [-0.05, 0) is 60.8 Å². The molecule has 2 aromatic heterocycles. The van der Waals surface area contributed by atoms with E-state index in [1.165, 1.54) is 15.6 Å². The molecular weight excluding hydrogens is 402 g/mol. The van der Waals surface area contributed by atoms with E-state index in [4.69, 9.17) is 0 Å². The molecule has 3 rings (SSSR count).